The predicted octanol–water partition coefficient (Wildman–Crippen LogP) is 5.47. The van der Waals surface area contributed by atoms with Crippen LogP contribution in [0.25, 0.3) is 0 Å². The first-order valence-electron chi connectivity index (χ1n) is 6.30. The first kappa shape index (κ1) is 20.7. The molecule has 1 aliphatic rings. The minimum Gasteiger partial charge on any atom is -0.381 e. The topological polar surface area (TPSA) is 9.23 Å². The molecular weight excluding hydrogens is 373 g/mol. The van der Waals surface area contributed by atoms with Gasteiger partial charge in [0.15, 0.2) is 0 Å². The van der Waals surface area contributed by atoms with Gasteiger partial charge in [0.05, 0.1) is 32.3 Å². The van der Waals surface area contributed by atoms with Gasteiger partial charge in [-0.1, -0.05) is 13.8 Å². The van der Waals surface area contributed by atoms with Crippen LogP contribution in [0.1, 0.15) is 26.7 Å². The Hall–Kier alpha value is 1.70. The molecule has 1 fully saturated rings. The number of ether oxygens (including phenoxy) is 1. The number of hydrogen-bond donors (Lipinski definition) is 0. The lowest BCUT2D eigenvalue weighted by Crippen LogP contribution is -2.52. The maximum atomic E-state index is 5.88. The second-order valence-corrected chi connectivity index (χ2v) is 7.30. The molecule has 0 N–H and O–H groups in total. The van der Waals surface area contributed by atoms with Gasteiger partial charge in [-0.15, -0.1) is 69.6 Å². The molecule has 116 valence electrons. The summed E-state index contributed by atoms with van der Waals surface area (Å²) in [4.78, 5) is 0. The maximum Gasteiger partial charge on any atom is 0.0693 e. The van der Waals surface area contributed by atoms with Crippen molar-refractivity contribution in [2.45, 2.75) is 59.0 Å². The van der Waals surface area contributed by atoms with Crippen LogP contribution < -0.4 is 0 Å². The largest absolute Gasteiger partial charge is 0.381 e. The van der Waals surface area contributed by atoms with Crippen LogP contribution in [0.2, 0.25) is 0 Å². The Kier molecular flexibility index (Phi) is 12.3. The average Bonchev–Trinajstić information content (AvgIpc) is 2.42. The summed E-state index contributed by atoms with van der Waals surface area (Å²) in [6.45, 7) is 6.09. The molecule has 1 aliphatic carbocycles. The van der Waals surface area contributed by atoms with Crippen LogP contribution in [0.4, 0.5) is 0 Å². The molecule has 19 heavy (non-hydrogen) atoms. The summed E-state index contributed by atoms with van der Waals surface area (Å²) in [5.41, 5.74) is 0. The maximum absolute atomic E-state index is 5.88. The molecule has 0 saturated heterocycles. The van der Waals surface area contributed by atoms with Crippen LogP contribution >= 0.6 is 69.6 Å². The molecule has 7 heteroatoms. The van der Waals surface area contributed by atoms with E-state index in [1.807, 2.05) is 0 Å². The zero-order valence-electron chi connectivity index (χ0n) is 11.0. The first-order chi connectivity index (χ1) is 8.88. The Bertz CT molecular complexity index is 168. The van der Waals surface area contributed by atoms with Crippen LogP contribution in [0, 0.1) is 0 Å². The number of alkyl halides is 6. The standard InChI is InChI=1S/C6H6Cl6.C6H14O/c7-1-2(8)4(10)6(12)5(11)3(1)9;1-3-5-7-6-4-2/h1-6H;3-6H2,1-2H3/t1-,2-,3-,4+,5+,6+;. The van der Waals surface area contributed by atoms with Crippen LogP contribution in [0.5, 0.6) is 0 Å². The zero-order chi connectivity index (χ0) is 15.0. The predicted molar refractivity (Wildman–Crippen MR) is 89.2 cm³/mol. The average molecular weight is 393 g/mol. The van der Waals surface area contributed by atoms with Crippen molar-refractivity contribution in [1.82, 2.24) is 0 Å². The molecule has 1 nitrogen and oxygen atoms in total. The first-order valence-corrected chi connectivity index (χ1v) is 8.92. The van der Waals surface area contributed by atoms with Gasteiger partial charge in [-0.2, -0.15) is 0 Å². The molecule has 0 aliphatic heterocycles. The van der Waals surface area contributed by atoms with Crippen LogP contribution in [-0.2, 0) is 4.74 Å². The molecule has 0 amide bonds. The molecule has 0 heterocycles. The third-order valence-electron chi connectivity index (χ3n) is 2.52. The van der Waals surface area contributed by atoms with Crippen LogP contribution in [-0.4, -0.2) is 45.5 Å². The minimum atomic E-state index is -0.437. The Morgan fingerprint density at radius 2 is 0.789 bits per heavy atom. The van der Waals surface area contributed by atoms with E-state index in [1.54, 1.807) is 0 Å². The molecule has 0 radical (unpaired) electrons. The molecular formula is C12H20Cl6O. The summed E-state index contributed by atoms with van der Waals surface area (Å²) in [6, 6.07) is 0. The van der Waals surface area contributed by atoms with Crippen molar-refractivity contribution in [3.63, 3.8) is 0 Å². The third kappa shape index (κ3) is 7.00. The summed E-state index contributed by atoms with van der Waals surface area (Å²) in [5.74, 6) is 0. The van der Waals surface area contributed by atoms with E-state index in [0.29, 0.717) is 0 Å². The van der Waals surface area contributed by atoms with E-state index in [0.717, 1.165) is 26.1 Å². The normalized spacial score (nSPS) is 38.5. The molecule has 0 aromatic rings. The van der Waals surface area contributed by atoms with Gasteiger partial charge >= 0.3 is 0 Å². The monoisotopic (exact) mass is 390 g/mol. The van der Waals surface area contributed by atoms with Gasteiger partial charge in [-0.05, 0) is 12.8 Å². The van der Waals surface area contributed by atoms with Gasteiger partial charge < -0.3 is 4.74 Å². The highest BCUT2D eigenvalue weighted by molar-refractivity contribution is 6.45. The Labute approximate surface area is 146 Å². The van der Waals surface area contributed by atoms with Crippen molar-refractivity contribution in [2.75, 3.05) is 13.2 Å². The number of halogens is 6. The highest BCUT2D eigenvalue weighted by atomic mass is 35.5. The lowest BCUT2D eigenvalue weighted by molar-refractivity contribution is 0.135. The van der Waals surface area contributed by atoms with Gasteiger partial charge in [0, 0.05) is 13.2 Å². The van der Waals surface area contributed by atoms with E-state index in [-0.39, 0.29) is 0 Å². The van der Waals surface area contributed by atoms with E-state index < -0.39 is 32.3 Å². The summed E-state index contributed by atoms with van der Waals surface area (Å²) < 4.78 is 5.13. The van der Waals surface area contributed by atoms with Gasteiger partial charge in [0.2, 0.25) is 0 Å². The fraction of sp³-hybridized carbons (Fsp3) is 1.00. The molecule has 0 unspecified atom stereocenters. The zero-order valence-corrected chi connectivity index (χ0v) is 15.5. The van der Waals surface area contributed by atoms with E-state index in [9.17, 15) is 0 Å². The van der Waals surface area contributed by atoms with Crippen molar-refractivity contribution in [2.24, 2.45) is 0 Å². The Morgan fingerprint density at radius 1 is 0.579 bits per heavy atom. The highest BCUT2D eigenvalue weighted by Crippen LogP contribution is 2.39. The number of hydrogen-bond acceptors (Lipinski definition) is 1. The summed E-state index contributed by atoms with van der Waals surface area (Å²) in [5, 5.41) is -2.62. The van der Waals surface area contributed by atoms with Crippen LogP contribution in [0.3, 0.4) is 0 Å². The smallest absolute Gasteiger partial charge is 0.0693 e. The second kappa shape index (κ2) is 11.3. The van der Waals surface area contributed by atoms with Crippen molar-refractivity contribution in [3.05, 3.63) is 0 Å². The van der Waals surface area contributed by atoms with Crippen molar-refractivity contribution >= 4 is 69.6 Å². The SMILES string of the molecule is CCCOCCC.Cl[C@H]1[C@H](Cl)[C@@H](Cl)[C@@H](Cl)[C@H](Cl)[C@H]1Cl. The van der Waals surface area contributed by atoms with E-state index in [2.05, 4.69) is 13.8 Å². The van der Waals surface area contributed by atoms with Crippen molar-refractivity contribution in [1.29, 1.82) is 0 Å². The van der Waals surface area contributed by atoms with Gasteiger partial charge in [0.25, 0.3) is 0 Å². The second-order valence-electron chi connectivity index (χ2n) is 4.28. The molecule has 0 aromatic carbocycles. The quantitative estimate of drug-likeness (QED) is 0.455. The van der Waals surface area contributed by atoms with Gasteiger partial charge in [-0.3, -0.25) is 0 Å². The highest BCUT2D eigenvalue weighted by Gasteiger charge is 2.46. The molecule has 1 saturated carbocycles. The third-order valence-corrected chi connectivity index (χ3v) is 6.55. The van der Waals surface area contributed by atoms with Crippen LogP contribution in [0.15, 0.2) is 0 Å². The Morgan fingerprint density at radius 3 is 0.947 bits per heavy atom. The lowest BCUT2D eigenvalue weighted by Gasteiger charge is -2.37. The fourth-order valence-electron chi connectivity index (χ4n) is 1.44. The van der Waals surface area contributed by atoms with Gasteiger partial charge in [0.1, 0.15) is 0 Å². The Balaban J connectivity index is 0.000000399. The van der Waals surface area contributed by atoms with E-state index >= 15 is 0 Å². The lowest BCUT2D eigenvalue weighted by atomic mass is 9.97. The van der Waals surface area contributed by atoms with Crippen molar-refractivity contribution in [3.8, 4) is 0 Å². The summed E-state index contributed by atoms with van der Waals surface area (Å²) >= 11 is 35.3. The fourth-order valence-corrected chi connectivity index (χ4v) is 3.77. The summed E-state index contributed by atoms with van der Waals surface area (Å²) in [6.07, 6.45) is 2.28. The molecule has 0 atom stereocenters. The molecule has 0 aromatic heterocycles. The molecule has 0 spiro atoms. The number of rotatable bonds is 4. The summed E-state index contributed by atoms with van der Waals surface area (Å²) in [7, 11) is 0. The minimum absolute atomic E-state index is 0.437. The van der Waals surface area contributed by atoms with E-state index in [4.69, 9.17) is 74.3 Å². The molecule has 1 rings (SSSR count). The van der Waals surface area contributed by atoms with E-state index in [1.165, 1.54) is 0 Å². The van der Waals surface area contributed by atoms with Gasteiger partial charge in [-0.25, -0.2) is 0 Å². The molecule has 0 bridgehead atoms. The van der Waals surface area contributed by atoms with Crippen molar-refractivity contribution < 1.29 is 4.74 Å².